The van der Waals surface area contributed by atoms with Crippen molar-refractivity contribution in [1.82, 2.24) is 10.6 Å². The van der Waals surface area contributed by atoms with Gasteiger partial charge in [-0.05, 0) is 5.56 Å². The molecule has 1 amide bonds. The Balaban J connectivity index is 1.95. The van der Waals surface area contributed by atoms with Crippen LogP contribution < -0.4 is 10.6 Å². The summed E-state index contributed by atoms with van der Waals surface area (Å²) < 4.78 is 0. The molecule has 1 aliphatic heterocycles. The molecule has 108 valence electrons. The van der Waals surface area contributed by atoms with E-state index in [-0.39, 0.29) is 11.9 Å². The van der Waals surface area contributed by atoms with Crippen LogP contribution in [-0.2, 0) is 16.0 Å². The molecule has 0 bridgehead atoms. The van der Waals surface area contributed by atoms with E-state index in [1.54, 1.807) is 11.8 Å². The molecule has 1 fully saturated rings. The molecule has 1 aromatic carbocycles. The minimum absolute atomic E-state index is 0.236. The first-order chi connectivity index (χ1) is 9.66. The van der Waals surface area contributed by atoms with Gasteiger partial charge in [-0.25, -0.2) is 4.79 Å². The highest BCUT2D eigenvalue weighted by Crippen LogP contribution is 2.09. The summed E-state index contributed by atoms with van der Waals surface area (Å²) in [6.45, 7) is 0.777. The Labute approximate surface area is 122 Å². The summed E-state index contributed by atoms with van der Waals surface area (Å²) in [5, 5.41) is 15.0. The van der Waals surface area contributed by atoms with E-state index in [0.29, 0.717) is 12.2 Å². The summed E-state index contributed by atoms with van der Waals surface area (Å²) in [7, 11) is 0. The van der Waals surface area contributed by atoms with Gasteiger partial charge in [0.05, 0.1) is 6.04 Å². The van der Waals surface area contributed by atoms with Crippen LogP contribution in [0.25, 0.3) is 0 Å². The normalized spacial score (nSPS) is 20.1. The van der Waals surface area contributed by atoms with E-state index in [0.717, 1.165) is 17.9 Å². The number of hydrogen-bond acceptors (Lipinski definition) is 4. The van der Waals surface area contributed by atoms with Crippen molar-refractivity contribution in [2.24, 2.45) is 0 Å². The number of hydrogen-bond donors (Lipinski definition) is 3. The first-order valence-corrected chi connectivity index (χ1v) is 7.70. The van der Waals surface area contributed by atoms with Gasteiger partial charge in [-0.15, -0.1) is 0 Å². The van der Waals surface area contributed by atoms with Crippen LogP contribution in [0.3, 0.4) is 0 Å². The Morgan fingerprint density at radius 3 is 2.75 bits per heavy atom. The molecule has 5 nitrogen and oxygen atoms in total. The van der Waals surface area contributed by atoms with Crippen LogP contribution in [0.1, 0.15) is 5.56 Å². The highest BCUT2D eigenvalue weighted by atomic mass is 32.2. The van der Waals surface area contributed by atoms with Crippen LogP contribution in [0.15, 0.2) is 30.3 Å². The van der Waals surface area contributed by atoms with Gasteiger partial charge in [0.15, 0.2) is 0 Å². The summed E-state index contributed by atoms with van der Waals surface area (Å²) in [6.07, 6.45) is 0.293. The molecule has 3 N–H and O–H groups in total. The quantitative estimate of drug-likeness (QED) is 0.737. The molecule has 0 aliphatic carbocycles. The van der Waals surface area contributed by atoms with E-state index in [4.69, 9.17) is 0 Å². The molecule has 0 spiro atoms. The largest absolute Gasteiger partial charge is 0.480 e. The molecule has 1 aromatic rings. The Morgan fingerprint density at radius 1 is 1.40 bits per heavy atom. The van der Waals surface area contributed by atoms with Crippen molar-refractivity contribution >= 4 is 23.6 Å². The van der Waals surface area contributed by atoms with Crippen molar-refractivity contribution < 1.29 is 14.7 Å². The summed E-state index contributed by atoms with van der Waals surface area (Å²) in [5.41, 5.74) is 0.895. The summed E-state index contributed by atoms with van der Waals surface area (Å²) >= 11 is 1.70. The second-order valence-corrected chi connectivity index (χ2v) is 5.82. The molecule has 2 atom stereocenters. The maximum Gasteiger partial charge on any atom is 0.326 e. The standard InChI is InChI=1S/C14H18N2O3S/c17-13(12-9-20-7-6-15-12)16-11(14(18)19)8-10-4-2-1-3-5-10/h1-5,11-12,15H,6-9H2,(H,16,17)(H,18,19). The van der Waals surface area contributed by atoms with Gasteiger partial charge in [-0.1, -0.05) is 30.3 Å². The van der Waals surface area contributed by atoms with E-state index < -0.39 is 12.0 Å². The maximum atomic E-state index is 12.1. The number of carboxylic acids is 1. The third-order valence-corrected chi connectivity index (χ3v) is 4.20. The van der Waals surface area contributed by atoms with E-state index >= 15 is 0 Å². The lowest BCUT2D eigenvalue weighted by Crippen LogP contribution is -2.53. The smallest absolute Gasteiger partial charge is 0.326 e. The number of rotatable bonds is 5. The summed E-state index contributed by atoms with van der Waals surface area (Å²) in [6, 6.07) is 8.12. The van der Waals surface area contributed by atoms with Crippen LogP contribution >= 0.6 is 11.8 Å². The lowest BCUT2D eigenvalue weighted by molar-refractivity contribution is -0.142. The zero-order valence-electron chi connectivity index (χ0n) is 11.0. The van der Waals surface area contributed by atoms with Gasteiger partial charge in [0.1, 0.15) is 6.04 Å². The van der Waals surface area contributed by atoms with Crippen molar-refractivity contribution in [2.75, 3.05) is 18.1 Å². The molecule has 2 rings (SSSR count). The zero-order valence-corrected chi connectivity index (χ0v) is 11.9. The van der Waals surface area contributed by atoms with Crippen molar-refractivity contribution in [2.45, 2.75) is 18.5 Å². The van der Waals surface area contributed by atoms with Crippen molar-refractivity contribution in [1.29, 1.82) is 0 Å². The second kappa shape index (κ2) is 7.31. The number of carboxylic acid groups (broad SMARTS) is 1. The fraction of sp³-hybridized carbons (Fsp3) is 0.429. The summed E-state index contributed by atoms with van der Waals surface area (Å²) in [4.78, 5) is 23.3. The van der Waals surface area contributed by atoms with Gasteiger partial charge < -0.3 is 15.7 Å². The van der Waals surface area contributed by atoms with Gasteiger partial charge >= 0.3 is 5.97 Å². The number of carbonyl (C=O) groups is 2. The number of nitrogens with one attached hydrogen (secondary N) is 2. The van der Waals surface area contributed by atoms with Crippen molar-refractivity contribution in [3.05, 3.63) is 35.9 Å². The molecule has 0 saturated carbocycles. The number of thioether (sulfide) groups is 1. The maximum absolute atomic E-state index is 12.1. The molecule has 1 aliphatic rings. The van der Waals surface area contributed by atoms with E-state index in [1.807, 2.05) is 30.3 Å². The third-order valence-electron chi connectivity index (χ3n) is 3.14. The molecule has 6 heteroatoms. The van der Waals surface area contributed by atoms with Gasteiger partial charge in [0, 0.05) is 24.5 Å². The topological polar surface area (TPSA) is 78.4 Å². The van der Waals surface area contributed by atoms with Crippen molar-refractivity contribution in [3.63, 3.8) is 0 Å². The fourth-order valence-electron chi connectivity index (χ4n) is 2.06. The van der Waals surface area contributed by atoms with Gasteiger partial charge in [0.2, 0.25) is 5.91 Å². The van der Waals surface area contributed by atoms with Gasteiger partial charge in [0.25, 0.3) is 0 Å². The molecule has 1 heterocycles. The first kappa shape index (κ1) is 14.9. The minimum atomic E-state index is -1.01. The highest BCUT2D eigenvalue weighted by Gasteiger charge is 2.26. The van der Waals surface area contributed by atoms with E-state index in [2.05, 4.69) is 10.6 Å². The molecule has 0 radical (unpaired) electrons. The molecule has 2 unspecified atom stereocenters. The predicted octanol–water partition coefficient (Wildman–Crippen LogP) is 0.504. The van der Waals surface area contributed by atoms with Crippen molar-refractivity contribution in [3.8, 4) is 0 Å². The number of carbonyl (C=O) groups excluding carboxylic acids is 1. The Hall–Kier alpha value is -1.53. The lowest BCUT2D eigenvalue weighted by Gasteiger charge is -2.24. The Kier molecular flexibility index (Phi) is 5.43. The number of aliphatic carboxylic acids is 1. The molecule has 1 saturated heterocycles. The predicted molar refractivity (Wildman–Crippen MR) is 78.8 cm³/mol. The van der Waals surface area contributed by atoms with Gasteiger partial charge in [-0.3, -0.25) is 4.79 Å². The molecule has 20 heavy (non-hydrogen) atoms. The van der Waals surface area contributed by atoms with Crippen LogP contribution in [0, 0.1) is 0 Å². The average molecular weight is 294 g/mol. The van der Waals surface area contributed by atoms with Crippen LogP contribution in [0.4, 0.5) is 0 Å². The minimum Gasteiger partial charge on any atom is -0.480 e. The number of amides is 1. The second-order valence-electron chi connectivity index (χ2n) is 4.67. The highest BCUT2D eigenvalue weighted by molar-refractivity contribution is 7.99. The Morgan fingerprint density at radius 2 is 2.15 bits per heavy atom. The van der Waals surface area contributed by atoms with Gasteiger partial charge in [-0.2, -0.15) is 11.8 Å². The third kappa shape index (κ3) is 4.25. The molecular formula is C14H18N2O3S. The van der Waals surface area contributed by atoms with Crippen LogP contribution in [0.2, 0.25) is 0 Å². The SMILES string of the molecule is O=C(O)C(Cc1ccccc1)NC(=O)C1CSCCN1. The molecular weight excluding hydrogens is 276 g/mol. The van der Waals surface area contributed by atoms with Crippen LogP contribution in [0.5, 0.6) is 0 Å². The Bertz CT molecular complexity index is 461. The molecule has 0 aromatic heterocycles. The lowest BCUT2D eigenvalue weighted by atomic mass is 10.1. The average Bonchev–Trinajstić information content (AvgIpc) is 2.48. The zero-order chi connectivity index (χ0) is 14.4. The first-order valence-electron chi connectivity index (χ1n) is 6.55. The van der Waals surface area contributed by atoms with Crippen LogP contribution in [-0.4, -0.2) is 47.1 Å². The monoisotopic (exact) mass is 294 g/mol. The fourth-order valence-corrected chi connectivity index (χ4v) is 2.99. The summed E-state index contributed by atoms with van der Waals surface area (Å²) in [5.74, 6) is 0.422. The van der Waals surface area contributed by atoms with E-state index in [1.165, 1.54) is 0 Å². The number of benzene rings is 1. The van der Waals surface area contributed by atoms with E-state index in [9.17, 15) is 14.7 Å².